The highest BCUT2D eigenvalue weighted by atomic mass is 19.1. The Bertz CT molecular complexity index is 1420. The summed E-state index contributed by atoms with van der Waals surface area (Å²) in [4.78, 5) is 26.9. The van der Waals surface area contributed by atoms with E-state index in [1.165, 1.54) is 11.9 Å². The van der Waals surface area contributed by atoms with Crippen LogP contribution in [0.5, 0.6) is 0 Å². The molecule has 1 saturated heterocycles. The largest absolute Gasteiger partial charge is 0.369 e. The predicted molar refractivity (Wildman–Crippen MR) is 161 cm³/mol. The summed E-state index contributed by atoms with van der Waals surface area (Å²) in [5.74, 6) is -0.221. The van der Waals surface area contributed by atoms with Gasteiger partial charge in [0.2, 0.25) is 11.9 Å². The van der Waals surface area contributed by atoms with Gasteiger partial charge < -0.3 is 25.8 Å². The van der Waals surface area contributed by atoms with Gasteiger partial charge in [0.15, 0.2) is 11.6 Å². The van der Waals surface area contributed by atoms with Crippen molar-refractivity contribution in [3.63, 3.8) is 0 Å². The monoisotopic (exact) mass is 555 g/mol. The molecule has 1 saturated carbocycles. The van der Waals surface area contributed by atoms with Crippen molar-refractivity contribution in [1.82, 2.24) is 20.2 Å². The number of nitrogens with one attached hydrogen (secondary N) is 3. The Kier molecular flexibility index (Phi) is 7.62. The fourth-order valence-corrected chi connectivity index (χ4v) is 6.46. The van der Waals surface area contributed by atoms with E-state index in [0.717, 1.165) is 49.4 Å². The molecule has 1 aliphatic heterocycles. The summed E-state index contributed by atoms with van der Waals surface area (Å²) >= 11 is 0. The summed E-state index contributed by atoms with van der Waals surface area (Å²) in [6.07, 6.45) is 6.30. The average Bonchev–Trinajstić information content (AvgIpc) is 3.58. The van der Waals surface area contributed by atoms with E-state index >= 15 is 0 Å². The zero-order valence-corrected chi connectivity index (χ0v) is 23.8. The van der Waals surface area contributed by atoms with Crippen LogP contribution >= 0.6 is 0 Å². The quantitative estimate of drug-likeness (QED) is 0.341. The van der Waals surface area contributed by atoms with Crippen LogP contribution in [0.2, 0.25) is 0 Å². The van der Waals surface area contributed by atoms with E-state index in [-0.39, 0.29) is 41.6 Å². The molecular weight excluding hydrogens is 517 g/mol. The molecule has 2 bridgehead atoms. The number of carbonyl (C=O) groups excluding carboxylic acids is 1. The van der Waals surface area contributed by atoms with Gasteiger partial charge in [0, 0.05) is 43.6 Å². The molecule has 6 rings (SSSR count). The van der Waals surface area contributed by atoms with Crippen molar-refractivity contribution in [2.24, 2.45) is 17.8 Å². The van der Waals surface area contributed by atoms with Gasteiger partial charge in [0.05, 0.1) is 18.2 Å². The van der Waals surface area contributed by atoms with Gasteiger partial charge in [-0.1, -0.05) is 42.5 Å². The van der Waals surface area contributed by atoms with Gasteiger partial charge in [0.25, 0.3) is 0 Å². The maximum Gasteiger partial charge on any atom is 0.229 e. The first-order valence-corrected chi connectivity index (χ1v) is 14.5. The Balaban J connectivity index is 1.15. The molecule has 2 aromatic carbocycles. The van der Waals surface area contributed by atoms with E-state index in [9.17, 15) is 9.18 Å². The van der Waals surface area contributed by atoms with Crippen LogP contribution in [0.1, 0.15) is 30.5 Å². The Labute approximate surface area is 241 Å². The van der Waals surface area contributed by atoms with Gasteiger partial charge in [0.1, 0.15) is 0 Å². The van der Waals surface area contributed by atoms with Crippen molar-refractivity contribution >= 4 is 29.0 Å². The number of allylic oxidation sites excluding steroid dienone is 1. The van der Waals surface area contributed by atoms with Crippen LogP contribution < -0.4 is 20.9 Å². The highest BCUT2D eigenvalue weighted by Crippen LogP contribution is 2.45. The molecule has 5 atom stereocenters. The number of hydrogen-bond acceptors (Lipinski definition) is 7. The number of hydrogen-bond donors (Lipinski definition) is 3. The normalized spacial score (nSPS) is 24.3. The standard InChI is InChI=1S/C32H38FN7O/c1-20-17-25(11-12-27(20)40-15-13-39(3)14-16-40)36-32-34-19-26(33)30(38-32)37-29-24-10-9-23(18-24)28(29)31(41)35-21(2)22-7-5-4-6-8-22/h4-12,17,19,21,23-24,28-29H,13-16,18H2,1-3H3,(H,35,41)(H2,34,36,37,38)/t21?,23-,24+,28+,29-/m1/s1. The van der Waals surface area contributed by atoms with Crippen molar-refractivity contribution in [2.45, 2.75) is 32.4 Å². The lowest BCUT2D eigenvalue weighted by Gasteiger charge is -2.35. The zero-order valence-electron chi connectivity index (χ0n) is 23.8. The number of halogens is 1. The minimum absolute atomic E-state index is 0.0283. The van der Waals surface area contributed by atoms with Crippen LogP contribution in [0, 0.1) is 30.5 Å². The number of fused-ring (bicyclic) bond motifs is 2. The molecule has 0 radical (unpaired) electrons. The van der Waals surface area contributed by atoms with Gasteiger partial charge in [-0.25, -0.2) is 9.37 Å². The first-order valence-electron chi connectivity index (χ1n) is 14.5. The molecule has 41 heavy (non-hydrogen) atoms. The number of nitrogens with zero attached hydrogens (tertiary/aromatic N) is 4. The van der Waals surface area contributed by atoms with E-state index in [4.69, 9.17) is 0 Å². The third-order valence-corrected chi connectivity index (χ3v) is 8.76. The molecule has 9 heteroatoms. The van der Waals surface area contributed by atoms with Gasteiger partial charge in [-0.05, 0) is 68.5 Å². The minimum atomic E-state index is -0.541. The van der Waals surface area contributed by atoms with Crippen LogP contribution in [0.15, 0.2) is 66.9 Å². The van der Waals surface area contributed by atoms with Crippen molar-refractivity contribution in [1.29, 1.82) is 0 Å². The molecule has 0 spiro atoms. The topological polar surface area (TPSA) is 85.4 Å². The second-order valence-corrected chi connectivity index (χ2v) is 11.6. The summed E-state index contributed by atoms with van der Waals surface area (Å²) in [6, 6.07) is 15.7. The fourth-order valence-electron chi connectivity index (χ4n) is 6.46. The van der Waals surface area contributed by atoms with Crippen LogP contribution in [0.3, 0.4) is 0 Å². The van der Waals surface area contributed by atoms with E-state index in [1.54, 1.807) is 0 Å². The molecule has 1 amide bonds. The molecule has 3 aliphatic rings. The number of anilines is 4. The van der Waals surface area contributed by atoms with Crippen molar-refractivity contribution in [2.75, 3.05) is 48.8 Å². The van der Waals surface area contributed by atoms with E-state index < -0.39 is 5.82 Å². The molecule has 214 valence electrons. The molecule has 2 aliphatic carbocycles. The highest BCUT2D eigenvalue weighted by molar-refractivity contribution is 5.82. The Morgan fingerprint density at radius 3 is 2.56 bits per heavy atom. The first kappa shape index (κ1) is 27.2. The number of aryl methyl sites for hydroxylation is 1. The fraction of sp³-hybridized carbons (Fsp3) is 0.406. The number of amides is 1. The maximum atomic E-state index is 15.0. The molecule has 1 aromatic heterocycles. The number of carbonyl (C=O) groups is 1. The summed E-state index contributed by atoms with van der Waals surface area (Å²) in [7, 11) is 2.15. The summed E-state index contributed by atoms with van der Waals surface area (Å²) < 4.78 is 15.0. The smallest absolute Gasteiger partial charge is 0.229 e. The second-order valence-electron chi connectivity index (χ2n) is 11.6. The Morgan fingerprint density at radius 1 is 1.05 bits per heavy atom. The number of rotatable bonds is 8. The lowest BCUT2D eigenvalue weighted by atomic mass is 9.87. The Hall–Kier alpha value is -3.98. The van der Waals surface area contributed by atoms with Crippen LogP contribution in [0.25, 0.3) is 0 Å². The minimum Gasteiger partial charge on any atom is -0.369 e. The molecule has 2 heterocycles. The molecular formula is C32H38FN7O. The van der Waals surface area contributed by atoms with E-state index in [2.05, 4.69) is 74.0 Å². The third-order valence-electron chi connectivity index (χ3n) is 8.76. The number of benzene rings is 2. The molecule has 8 nitrogen and oxygen atoms in total. The van der Waals surface area contributed by atoms with Gasteiger partial charge in [-0.2, -0.15) is 4.98 Å². The van der Waals surface area contributed by atoms with Crippen molar-refractivity contribution < 1.29 is 9.18 Å². The Morgan fingerprint density at radius 2 is 1.80 bits per heavy atom. The SMILES string of the molecule is Cc1cc(Nc2ncc(F)c(N[C@H]3[C@@H](C(=O)NC(C)c4ccccc4)[C@@H]4C=C[C@H]3C4)n2)ccc1N1CCN(C)CC1. The first-order chi connectivity index (χ1) is 19.9. The molecule has 1 unspecified atom stereocenters. The number of piperazine rings is 1. The summed E-state index contributed by atoms with van der Waals surface area (Å²) in [5, 5.41) is 9.70. The summed E-state index contributed by atoms with van der Waals surface area (Å²) in [6.45, 7) is 8.19. The molecule has 2 fully saturated rings. The number of aromatic nitrogens is 2. The van der Waals surface area contributed by atoms with Gasteiger partial charge in [-0.15, -0.1) is 0 Å². The third kappa shape index (κ3) is 5.77. The number of likely N-dealkylation sites (N-methyl/N-ethyl adjacent to an activating group) is 1. The highest BCUT2D eigenvalue weighted by Gasteiger charge is 2.48. The maximum absolute atomic E-state index is 15.0. The van der Waals surface area contributed by atoms with Crippen molar-refractivity contribution in [3.05, 3.63) is 83.8 Å². The second kappa shape index (κ2) is 11.5. The predicted octanol–water partition coefficient (Wildman–Crippen LogP) is 4.90. The van der Waals surface area contributed by atoms with Crippen molar-refractivity contribution in [3.8, 4) is 0 Å². The molecule has 3 aromatic rings. The van der Waals surface area contributed by atoms with E-state index in [1.807, 2.05) is 43.3 Å². The average molecular weight is 556 g/mol. The summed E-state index contributed by atoms with van der Waals surface area (Å²) in [5.41, 5.74) is 4.27. The van der Waals surface area contributed by atoms with Gasteiger partial charge >= 0.3 is 0 Å². The lowest BCUT2D eigenvalue weighted by Crippen LogP contribution is -2.44. The molecule has 3 N–H and O–H groups in total. The van der Waals surface area contributed by atoms with Crippen LogP contribution in [0.4, 0.5) is 27.5 Å². The zero-order chi connectivity index (χ0) is 28.5. The van der Waals surface area contributed by atoms with Gasteiger partial charge in [-0.3, -0.25) is 4.79 Å². The lowest BCUT2D eigenvalue weighted by molar-refractivity contribution is -0.126. The van der Waals surface area contributed by atoms with Crippen LogP contribution in [-0.2, 0) is 4.79 Å². The van der Waals surface area contributed by atoms with Crippen LogP contribution in [-0.4, -0.2) is 60.0 Å². The van der Waals surface area contributed by atoms with E-state index in [0.29, 0.717) is 5.95 Å².